The summed E-state index contributed by atoms with van der Waals surface area (Å²) < 4.78 is 4.41. The monoisotopic (exact) mass is 238 g/mol. The van der Waals surface area contributed by atoms with Gasteiger partial charge in [0, 0.05) is 24.0 Å². The summed E-state index contributed by atoms with van der Waals surface area (Å²) in [5, 5.41) is 4.49. The molecule has 3 N–H and O–H groups in total. The normalized spacial score (nSPS) is 23.6. The molecule has 0 radical (unpaired) electrons. The molecule has 0 amide bonds. The predicted molar refractivity (Wildman–Crippen MR) is 65.8 cm³/mol. The topological polar surface area (TPSA) is 63.8 Å². The summed E-state index contributed by atoms with van der Waals surface area (Å²) in [6.45, 7) is 0.700. The molecule has 2 aliphatic carbocycles. The molecule has 5 heteroatoms. The van der Waals surface area contributed by atoms with Crippen molar-refractivity contribution in [1.82, 2.24) is 9.36 Å². The van der Waals surface area contributed by atoms with E-state index in [-0.39, 0.29) is 5.54 Å². The van der Waals surface area contributed by atoms with Crippen LogP contribution in [0.25, 0.3) is 0 Å². The molecule has 0 spiro atoms. The van der Waals surface area contributed by atoms with Crippen LogP contribution in [0.5, 0.6) is 0 Å². The highest BCUT2D eigenvalue weighted by atomic mass is 32.1. The van der Waals surface area contributed by atoms with Gasteiger partial charge in [-0.3, -0.25) is 0 Å². The van der Waals surface area contributed by atoms with Crippen LogP contribution in [0.4, 0.5) is 5.13 Å². The number of hydrogen-bond donors (Lipinski definition) is 2. The molecule has 2 fully saturated rings. The van der Waals surface area contributed by atoms with Gasteiger partial charge in [0.2, 0.25) is 5.13 Å². The predicted octanol–water partition coefficient (Wildman–Crippen LogP) is 2.10. The average molecular weight is 238 g/mol. The van der Waals surface area contributed by atoms with Crippen LogP contribution in [0.3, 0.4) is 0 Å². The third-order valence-corrected chi connectivity index (χ3v) is 4.35. The molecule has 0 aliphatic heterocycles. The Labute approximate surface area is 99.8 Å². The number of nitrogens with two attached hydrogens (primary N) is 1. The average Bonchev–Trinajstić information content (AvgIpc) is 2.88. The van der Waals surface area contributed by atoms with E-state index >= 15 is 0 Å². The van der Waals surface area contributed by atoms with Gasteiger partial charge in [-0.15, -0.1) is 0 Å². The van der Waals surface area contributed by atoms with Gasteiger partial charge in [-0.1, -0.05) is 12.8 Å². The zero-order chi connectivity index (χ0) is 11.0. The van der Waals surface area contributed by atoms with E-state index in [9.17, 15) is 0 Å². The molecular formula is C11H18N4S. The Bertz CT molecular complexity index is 366. The van der Waals surface area contributed by atoms with Crippen molar-refractivity contribution < 1.29 is 0 Å². The zero-order valence-corrected chi connectivity index (χ0v) is 10.2. The molecule has 4 nitrogen and oxygen atoms in total. The largest absolute Gasteiger partial charge is 0.354 e. The first-order valence-corrected chi connectivity index (χ1v) is 6.90. The highest BCUT2D eigenvalue weighted by molar-refractivity contribution is 7.09. The van der Waals surface area contributed by atoms with Crippen molar-refractivity contribution in [3.8, 4) is 0 Å². The van der Waals surface area contributed by atoms with Crippen LogP contribution >= 0.6 is 11.5 Å². The Kier molecular flexibility index (Phi) is 2.59. The van der Waals surface area contributed by atoms with Crippen molar-refractivity contribution in [2.24, 2.45) is 5.73 Å². The number of rotatable bonds is 4. The molecule has 3 rings (SSSR count). The van der Waals surface area contributed by atoms with Crippen molar-refractivity contribution in [3.05, 3.63) is 5.82 Å². The van der Waals surface area contributed by atoms with Crippen molar-refractivity contribution in [2.45, 2.75) is 50.0 Å². The summed E-state index contributed by atoms with van der Waals surface area (Å²) in [6, 6.07) is 0. The van der Waals surface area contributed by atoms with Gasteiger partial charge < -0.3 is 11.1 Å². The summed E-state index contributed by atoms with van der Waals surface area (Å²) in [7, 11) is 0. The Balaban J connectivity index is 1.71. The lowest BCUT2D eigenvalue weighted by Crippen LogP contribution is -2.42. The lowest BCUT2D eigenvalue weighted by atomic mass is 9.98. The summed E-state index contributed by atoms with van der Waals surface area (Å²) in [4.78, 5) is 4.57. The Morgan fingerprint density at radius 2 is 2.12 bits per heavy atom. The standard InChI is InChI=1S/C11H18N4S/c12-7-11(5-1-2-6-11)14-10-13-9(15-16-10)8-3-4-8/h8H,1-7,12H2,(H,13,14,15). The van der Waals surface area contributed by atoms with E-state index in [1.54, 1.807) is 0 Å². The minimum absolute atomic E-state index is 0.0976. The van der Waals surface area contributed by atoms with Crippen molar-refractivity contribution in [2.75, 3.05) is 11.9 Å². The lowest BCUT2D eigenvalue weighted by Gasteiger charge is -2.27. The highest BCUT2D eigenvalue weighted by Gasteiger charge is 2.34. The lowest BCUT2D eigenvalue weighted by molar-refractivity contribution is 0.493. The van der Waals surface area contributed by atoms with Gasteiger partial charge in [0.05, 0.1) is 5.54 Å². The quantitative estimate of drug-likeness (QED) is 0.843. The first-order valence-electron chi connectivity index (χ1n) is 6.13. The maximum absolute atomic E-state index is 5.89. The first kappa shape index (κ1) is 10.5. The molecule has 0 bridgehead atoms. The van der Waals surface area contributed by atoms with E-state index < -0.39 is 0 Å². The fourth-order valence-corrected chi connectivity index (χ4v) is 3.22. The molecule has 0 unspecified atom stereocenters. The second kappa shape index (κ2) is 3.96. The van der Waals surface area contributed by atoms with E-state index in [1.807, 2.05) is 0 Å². The van der Waals surface area contributed by atoms with Gasteiger partial charge in [-0.25, -0.2) is 4.98 Å². The smallest absolute Gasteiger partial charge is 0.203 e. The van der Waals surface area contributed by atoms with Gasteiger partial charge >= 0.3 is 0 Å². The van der Waals surface area contributed by atoms with Gasteiger partial charge in [-0.2, -0.15) is 4.37 Å². The Morgan fingerprint density at radius 1 is 1.38 bits per heavy atom. The first-order chi connectivity index (χ1) is 7.81. The highest BCUT2D eigenvalue weighted by Crippen LogP contribution is 2.40. The molecule has 1 aromatic rings. The summed E-state index contributed by atoms with van der Waals surface area (Å²) >= 11 is 1.49. The van der Waals surface area contributed by atoms with Gasteiger partial charge in [0.15, 0.2) is 0 Å². The Hall–Kier alpha value is -0.680. The third kappa shape index (κ3) is 1.94. The molecule has 1 heterocycles. The van der Waals surface area contributed by atoms with Crippen LogP contribution in [0.2, 0.25) is 0 Å². The van der Waals surface area contributed by atoms with Crippen molar-refractivity contribution in [3.63, 3.8) is 0 Å². The molecule has 0 saturated heterocycles. The van der Waals surface area contributed by atoms with E-state index in [0.717, 1.165) is 11.0 Å². The number of aromatic nitrogens is 2. The van der Waals surface area contributed by atoms with Crippen molar-refractivity contribution >= 4 is 16.7 Å². The number of anilines is 1. The number of nitrogens with one attached hydrogen (secondary N) is 1. The minimum Gasteiger partial charge on any atom is -0.354 e. The summed E-state index contributed by atoms with van der Waals surface area (Å²) in [6.07, 6.45) is 7.41. The summed E-state index contributed by atoms with van der Waals surface area (Å²) in [5.74, 6) is 1.68. The second-order valence-electron chi connectivity index (χ2n) is 5.05. The van der Waals surface area contributed by atoms with Gasteiger partial charge in [0.25, 0.3) is 0 Å². The van der Waals surface area contributed by atoms with E-state index in [2.05, 4.69) is 14.7 Å². The number of hydrogen-bond acceptors (Lipinski definition) is 5. The van der Waals surface area contributed by atoms with Crippen molar-refractivity contribution in [1.29, 1.82) is 0 Å². The second-order valence-corrected chi connectivity index (χ2v) is 5.80. The van der Waals surface area contributed by atoms with Gasteiger partial charge in [0.1, 0.15) is 5.82 Å². The maximum atomic E-state index is 5.89. The fourth-order valence-electron chi connectivity index (χ4n) is 2.45. The number of nitrogens with zero attached hydrogens (tertiary/aromatic N) is 2. The van der Waals surface area contributed by atoms with Crippen LogP contribution in [-0.2, 0) is 0 Å². The molecule has 1 aromatic heterocycles. The van der Waals surface area contributed by atoms with Crippen LogP contribution in [-0.4, -0.2) is 21.4 Å². The van der Waals surface area contributed by atoms with Crippen LogP contribution in [0.15, 0.2) is 0 Å². The molecule has 2 aliphatic rings. The zero-order valence-electron chi connectivity index (χ0n) is 9.41. The maximum Gasteiger partial charge on any atom is 0.203 e. The summed E-state index contributed by atoms with van der Waals surface area (Å²) in [5.41, 5.74) is 5.99. The van der Waals surface area contributed by atoms with Crippen LogP contribution in [0, 0.1) is 0 Å². The van der Waals surface area contributed by atoms with Crippen LogP contribution in [0.1, 0.15) is 50.3 Å². The molecule has 16 heavy (non-hydrogen) atoms. The minimum atomic E-state index is 0.0976. The van der Waals surface area contributed by atoms with E-state index in [1.165, 1.54) is 50.1 Å². The molecular weight excluding hydrogens is 220 g/mol. The van der Waals surface area contributed by atoms with E-state index in [4.69, 9.17) is 5.73 Å². The third-order valence-electron chi connectivity index (χ3n) is 3.71. The fraction of sp³-hybridized carbons (Fsp3) is 0.818. The molecule has 88 valence electrons. The van der Waals surface area contributed by atoms with E-state index in [0.29, 0.717) is 12.5 Å². The molecule has 0 aromatic carbocycles. The van der Waals surface area contributed by atoms with Crippen LogP contribution < -0.4 is 11.1 Å². The van der Waals surface area contributed by atoms with Gasteiger partial charge in [-0.05, 0) is 25.7 Å². The molecule has 2 saturated carbocycles. The Morgan fingerprint density at radius 3 is 2.75 bits per heavy atom. The SMILES string of the molecule is NCC1(Nc2nc(C3CC3)ns2)CCCC1. The molecule has 0 atom stereocenters.